The van der Waals surface area contributed by atoms with Crippen molar-refractivity contribution in [3.05, 3.63) is 23.8 Å². The molecule has 0 spiro atoms. The van der Waals surface area contributed by atoms with E-state index in [1.807, 2.05) is 0 Å². The van der Waals surface area contributed by atoms with E-state index in [0.717, 1.165) is 4.43 Å². The standard InChI is InChI=1S/C11H13IO4/c1-14-9-4-3-8(7-10(9)15-2)11(13)16-6-5-12/h3-4,7H,5-6H2,1-2H3. The summed E-state index contributed by atoms with van der Waals surface area (Å²) < 4.78 is 16.0. The van der Waals surface area contributed by atoms with Gasteiger partial charge < -0.3 is 14.2 Å². The number of carbonyl (C=O) groups is 1. The smallest absolute Gasteiger partial charge is 0.338 e. The largest absolute Gasteiger partial charge is 0.493 e. The lowest BCUT2D eigenvalue weighted by Gasteiger charge is -2.09. The van der Waals surface area contributed by atoms with E-state index in [-0.39, 0.29) is 5.97 Å². The molecule has 0 bridgehead atoms. The van der Waals surface area contributed by atoms with Gasteiger partial charge in [-0.3, -0.25) is 0 Å². The van der Waals surface area contributed by atoms with Gasteiger partial charge in [0.25, 0.3) is 0 Å². The number of benzene rings is 1. The molecule has 0 aliphatic heterocycles. The average Bonchev–Trinajstić information content (AvgIpc) is 2.34. The molecule has 0 amide bonds. The van der Waals surface area contributed by atoms with Crippen LogP contribution in [0, 0.1) is 0 Å². The number of carbonyl (C=O) groups excluding carboxylic acids is 1. The first-order chi connectivity index (χ1) is 7.72. The molecule has 0 aliphatic carbocycles. The summed E-state index contributed by atoms with van der Waals surface area (Å²) in [5, 5.41) is 0. The Morgan fingerprint density at radius 2 is 1.94 bits per heavy atom. The van der Waals surface area contributed by atoms with Gasteiger partial charge >= 0.3 is 5.97 Å². The van der Waals surface area contributed by atoms with Crippen molar-refractivity contribution in [2.24, 2.45) is 0 Å². The predicted molar refractivity (Wildman–Crippen MR) is 68.7 cm³/mol. The lowest BCUT2D eigenvalue weighted by molar-refractivity contribution is 0.0532. The van der Waals surface area contributed by atoms with Gasteiger partial charge in [-0.15, -0.1) is 0 Å². The number of alkyl halides is 1. The second-order valence-electron chi connectivity index (χ2n) is 2.89. The van der Waals surface area contributed by atoms with Crippen molar-refractivity contribution in [2.75, 3.05) is 25.3 Å². The topological polar surface area (TPSA) is 44.8 Å². The van der Waals surface area contributed by atoms with Crippen LogP contribution in [0.5, 0.6) is 11.5 Å². The third kappa shape index (κ3) is 3.26. The third-order valence-corrected chi connectivity index (χ3v) is 2.37. The van der Waals surface area contributed by atoms with Crippen LogP contribution >= 0.6 is 22.6 Å². The summed E-state index contributed by atoms with van der Waals surface area (Å²) in [4.78, 5) is 11.5. The van der Waals surface area contributed by atoms with Gasteiger partial charge in [0, 0.05) is 4.43 Å². The number of esters is 1. The molecule has 0 saturated carbocycles. The highest BCUT2D eigenvalue weighted by Gasteiger charge is 2.11. The molecule has 0 unspecified atom stereocenters. The molecule has 0 N–H and O–H groups in total. The van der Waals surface area contributed by atoms with Crippen LogP contribution in [0.4, 0.5) is 0 Å². The van der Waals surface area contributed by atoms with E-state index in [0.29, 0.717) is 23.7 Å². The maximum Gasteiger partial charge on any atom is 0.338 e. The SMILES string of the molecule is COc1ccc(C(=O)OCCI)cc1OC. The number of ether oxygens (including phenoxy) is 3. The minimum Gasteiger partial charge on any atom is -0.493 e. The highest BCUT2D eigenvalue weighted by Crippen LogP contribution is 2.27. The Hall–Kier alpha value is -0.980. The summed E-state index contributed by atoms with van der Waals surface area (Å²) in [5.41, 5.74) is 0.461. The molecule has 5 heteroatoms. The van der Waals surface area contributed by atoms with Gasteiger partial charge in [-0.2, -0.15) is 0 Å². The molecule has 0 atom stereocenters. The Labute approximate surface area is 108 Å². The zero-order valence-corrected chi connectivity index (χ0v) is 11.3. The van der Waals surface area contributed by atoms with Crippen LogP contribution in [0.3, 0.4) is 0 Å². The van der Waals surface area contributed by atoms with Gasteiger partial charge in [0.1, 0.15) is 6.61 Å². The fourth-order valence-corrected chi connectivity index (χ4v) is 1.40. The molecule has 1 rings (SSSR count). The molecule has 0 aliphatic rings. The molecule has 0 radical (unpaired) electrons. The fourth-order valence-electron chi connectivity index (χ4n) is 1.18. The number of hydrogen-bond acceptors (Lipinski definition) is 4. The van der Waals surface area contributed by atoms with Crippen LogP contribution in [0.15, 0.2) is 18.2 Å². The van der Waals surface area contributed by atoms with Gasteiger partial charge in [-0.05, 0) is 18.2 Å². The molecule has 1 aromatic carbocycles. The third-order valence-electron chi connectivity index (χ3n) is 1.93. The molecule has 88 valence electrons. The summed E-state index contributed by atoms with van der Waals surface area (Å²) in [6.07, 6.45) is 0. The summed E-state index contributed by atoms with van der Waals surface area (Å²) >= 11 is 2.14. The number of hydrogen-bond donors (Lipinski definition) is 0. The quantitative estimate of drug-likeness (QED) is 0.470. The van der Waals surface area contributed by atoms with Crippen molar-refractivity contribution in [2.45, 2.75) is 0 Å². The fraction of sp³-hybridized carbons (Fsp3) is 0.364. The Kier molecular flexibility index (Phi) is 5.37. The maximum absolute atomic E-state index is 11.5. The first-order valence-corrected chi connectivity index (χ1v) is 6.20. The van der Waals surface area contributed by atoms with E-state index in [2.05, 4.69) is 22.6 Å². The molecule has 1 aromatic rings. The van der Waals surface area contributed by atoms with Crippen molar-refractivity contribution in [1.82, 2.24) is 0 Å². The van der Waals surface area contributed by atoms with E-state index < -0.39 is 0 Å². The van der Waals surface area contributed by atoms with Gasteiger partial charge in [-0.1, -0.05) is 22.6 Å². The van der Waals surface area contributed by atoms with Crippen LogP contribution in [-0.2, 0) is 4.74 Å². The van der Waals surface area contributed by atoms with Crippen molar-refractivity contribution < 1.29 is 19.0 Å². The monoisotopic (exact) mass is 336 g/mol. The van der Waals surface area contributed by atoms with Gasteiger partial charge in [-0.25, -0.2) is 4.79 Å². The zero-order valence-electron chi connectivity index (χ0n) is 9.16. The van der Waals surface area contributed by atoms with E-state index >= 15 is 0 Å². The molecule has 16 heavy (non-hydrogen) atoms. The normalized spacial score (nSPS) is 9.69. The van der Waals surface area contributed by atoms with Gasteiger partial charge in [0.05, 0.1) is 19.8 Å². The summed E-state index contributed by atoms with van der Waals surface area (Å²) in [5.74, 6) is 0.761. The first-order valence-electron chi connectivity index (χ1n) is 4.68. The van der Waals surface area contributed by atoms with Crippen molar-refractivity contribution in [3.63, 3.8) is 0 Å². The van der Waals surface area contributed by atoms with E-state index in [1.165, 1.54) is 7.11 Å². The number of rotatable bonds is 5. The highest BCUT2D eigenvalue weighted by atomic mass is 127. The molecular weight excluding hydrogens is 323 g/mol. The summed E-state index contributed by atoms with van der Waals surface area (Å²) in [6.45, 7) is 0.410. The van der Waals surface area contributed by atoms with Crippen molar-refractivity contribution in [1.29, 1.82) is 0 Å². The maximum atomic E-state index is 11.5. The lowest BCUT2D eigenvalue weighted by atomic mass is 10.2. The van der Waals surface area contributed by atoms with Gasteiger partial charge in [0.15, 0.2) is 11.5 Å². The summed E-state index contributed by atoms with van der Waals surface area (Å²) in [7, 11) is 3.07. The second-order valence-corrected chi connectivity index (χ2v) is 3.97. The van der Waals surface area contributed by atoms with E-state index in [1.54, 1.807) is 25.3 Å². The Morgan fingerprint density at radius 3 is 2.50 bits per heavy atom. The van der Waals surface area contributed by atoms with E-state index in [4.69, 9.17) is 14.2 Å². The summed E-state index contributed by atoms with van der Waals surface area (Å²) in [6, 6.07) is 4.94. The Morgan fingerprint density at radius 1 is 1.25 bits per heavy atom. The molecule has 0 saturated heterocycles. The first kappa shape index (κ1) is 13.1. The van der Waals surface area contributed by atoms with E-state index in [9.17, 15) is 4.79 Å². The molecular formula is C11H13IO4. The minimum atomic E-state index is -0.349. The average molecular weight is 336 g/mol. The van der Waals surface area contributed by atoms with Crippen molar-refractivity contribution in [3.8, 4) is 11.5 Å². The van der Waals surface area contributed by atoms with Gasteiger partial charge in [0.2, 0.25) is 0 Å². The predicted octanol–water partition coefficient (Wildman–Crippen LogP) is 2.30. The Balaban J connectivity index is 2.85. The molecule has 0 fully saturated rings. The highest BCUT2D eigenvalue weighted by molar-refractivity contribution is 14.1. The van der Waals surface area contributed by atoms with Crippen LogP contribution in [-0.4, -0.2) is 31.2 Å². The Bertz CT molecular complexity index is 365. The number of methoxy groups -OCH3 is 2. The molecule has 0 aromatic heterocycles. The van der Waals surface area contributed by atoms with Crippen LogP contribution in [0.1, 0.15) is 10.4 Å². The number of halogens is 1. The minimum absolute atomic E-state index is 0.349. The molecule has 4 nitrogen and oxygen atoms in total. The second kappa shape index (κ2) is 6.57. The molecule has 0 heterocycles. The van der Waals surface area contributed by atoms with Crippen LogP contribution < -0.4 is 9.47 Å². The van der Waals surface area contributed by atoms with Crippen LogP contribution in [0.2, 0.25) is 0 Å². The lowest BCUT2D eigenvalue weighted by Crippen LogP contribution is -2.07. The zero-order chi connectivity index (χ0) is 12.0. The van der Waals surface area contributed by atoms with Crippen molar-refractivity contribution >= 4 is 28.6 Å². The van der Waals surface area contributed by atoms with Crippen LogP contribution in [0.25, 0.3) is 0 Å².